The molecule has 0 fully saturated rings. The summed E-state index contributed by atoms with van der Waals surface area (Å²) in [5.74, 6) is 1.98. The van der Waals surface area contributed by atoms with Gasteiger partial charge in [-0.25, -0.2) is 4.98 Å². The van der Waals surface area contributed by atoms with Gasteiger partial charge in [0.1, 0.15) is 34.6 Å². The van der Waals surface area contributed by atoms with E-state index in [1.165, 1.54) is 16.9 Å². The normalized spacial score (nSPS) is 10.8. The first-order chi connectivity index (χ1) is 14.2. The lowest BCUT2D eigenvalue weighted by Gasteiger charge is -2.19. The smallest absolute Gasteiger partial charge is 0.274 e. The number of aromatic nitrogens is 1. The topological polar surface area (TPSA) is 68.7 Å². The van der Waals surface area contributed by atoms with Gasteiger partial charge in [-0.15, -0.1) is 11.3 Å². The molecular weight excluding hydrogens is 388 g/mol. The van der Waals surface area contributed by atoms with Crippen LogP contribution in [0.3, 0.4) is 0 Å². The molecule has 0 bridgehead atoms. The number of hydrogen-bond donors (Lipinski definition) is 0. The van der Waals surface area contributed by atoms with Gasteiger partial charge >= 0.3 is 0 Å². The molecule has 29 heavy (non-hydrogen) atoms. The summed E-state index contributed by atoms with van der Waals surface area (Å²) in [6, 6.07) is 15.1. The molecule has 4 aromatic rings. The Bertz CT molecular complexity index is 1000. The summed E-state index contributed by atoms with van der Waals surface area (Å²) in [6.07, 6.45) is 3.18. The van der Waals surface area contributed by atoms with E-state index in [1.807, 2.05) is 43.3 Å². The third kappa shape index (κ3) is 4.94. The second-order valence-electron chi connectivity index (χ2n) is 6.55. The molecule has 0 N–H and O–H groups in total. The lowest BCUT2D eigenvalue weighted by atomic mass is 10.2. The molecule has 0 saturated heterocycles. The SMILES string of the molecule is Cc1ccc(OCc2nc(C(=O)N(Cc3ccco3)Cc3ccco3)cs2)cc1. The minimum atomic E-state index is -0.185. The minimum absolute atomic E-state index is 0.185. The fourth-order valence-corrected chi connectivity index (χ4v) is 3.48. The molecule has 0 aliphatic heterocycles. The second-order valence-corrected chi connectivity index (χ2v) is 7.49. The van der Waals surface area contributed by atoms with Crippen LogP contribution in [0.15, 0.2) is 75.3 Å². The van der Waals surface area contributed by atoms with Gasteiger partial charge in [0.05, 0.1) is 25.6 Å². The van der Waals surface area contributed by atoms with Crippen molar-refractivity contribution in [1.29, 1.82) is 0 Å². The van der Waals surface area contributed by atoms with E-state index in [-0.39, 0.29) is 5.91 Å². The first-order valence-electron chi connectivity index (χ1n) is 9.15. The van der Waals surface area contributed by atoms with Crippen LogP contribution in [0.25, 0.3) is 0 Å². The van der Waals surface area contributed by atoms with Crippen LogP contribution in [0.2, 0.25) is 0 Å². The molecule has 3 aromatic heterocycles. The Morgan fingerprint density at radius 3 is 2.28 bits per heavy atom. The predicted molar refractivity (Wildman–Crippen MR) is 109 cm³/mol. The maximum absolute atomic E-state index is 13.1. The van der Waals surface area contributed by atoms with Gasteiger partial charge < -0.3 is 18.5 Å². The molecule has 148 valence electrons. The molecule has 3 heterocycles. The van der Waals surface area contributed by atoms with Crippen LogP contribution in [0.4, 0.5) is 0 Å². The number of carbonyl (C=O) groups excluding carboxylic acids is 1. The molecule has 6 nitrogen and oxygen atoms in total. The average molecular weight is 408 g/mol. The molecule has 0 unspecified atom stereocenters. The Morgan fingerprint density at radius 2 is 1.69 bits per heavy atom. The lowest BCUT2D eigenvalue weighted by molar-refractivity contribution is 0.0699. The summed E-state index contributed by atoms with van der Waals surface area (Å²) in [5, 5.41) is 2.50. The Balaban J connectivity index is 1.44. The zero-order chi connectivity index (χ0) is 20.1. The first-order valence-corrected chi connectivity index (χ1v) is 10.0. The van der Waals surface area contributed by atoms with Crippen molar-refractivity contribution >= 4 is 17.2 Å². The van der Waals surface area contributed by atoms with E-state index < -0.39 is 0 Å². The van der Waals surface area contributed by atoms with Gasteiger partial charge in [-0.3, -0.25) is 4.79 Å². The molecule has 1 amide bonds. The van der Waals surface area contributed by atoms with Crippen molar-refractivity contribution in [3.8, 4) is 5.75 Å². The van der Waals surface area contributed by atoms with Gasteiger partial charge in [-0.05, 0) is 43.3 Å². The number of hydrogen-bond acceptors (Lipinski definition) is 6. The van der Waals surface area contributed by atoms with E-state index in [1.54, 1.807) is 34.9 Å². The number of aryl methyl sites for hydroxylation is 1. The molecule has 4 rings (SSSR count). The van der Waals surface area contributed by atoms with E-state index in [0.29, 0.717) is 36.9 Å². The molecule has 1 aromatic carbocycles. The number of amides is 1. The van der Waals surface area contributed by atoms with Crippen LogP contribution in [0.5, 0.6) is 5.75 Å². The van der Waals surface area contributed by atoms with Gasteiger partial charge in [0, 0.05) is 5.38 Å². The number of benzene rings is 1. The maximum Gasteiger partial charge on any atom is 0.274 e. The molecule has 0 spiro atoms. The van der Waals surface area contributed by atoms with E-state index in [2.05, 4.69) is 4.98 Å². The Morgan fingerprint density at radius 1 is 1.03 bits per heavy atom. The standard InChI is InChI=1S/C22H20N2O4S/c1-16-6-8-17(9-7-16)28-14-21-23-20(15-29-21)22(25)24(12-18-4-2-10-26-18)13-19-5-3-11-27-19/h2-11,15H,12-14H2,1H3. The van der Waals surface area contributed by atoms with E-state index in [4.69, 9.17) is 13.6 Å². The largest absolute Gasteiger partial charge is 0.486 e. The van der Waals surface area contributed by atoms with E-state index in [9.17, 15) is 4.79 Å². The zero-order valence-electron chi connectivity index (χ0n) is 15.9. The predicted octanol–water partition coefficient (Wildman–Crippen LogP) is 5.06. The Labute approximate surface area is 172 Å². The van der Waals surface area contributed by atoms with Crippen molar-refractivity contribution in [3.05, 3.63) is 94.2 Å². The van der Waals surface area contributed by atoms with Crippen LogP contribution in [-0.4, -0.2) is 15.8 Å². The average Bonchev–Trinajstić information content (AvgIpc) is 3.49. The van der Waals surface area contributed by atoms with Gasteiger partial charge in [0.2, 0.25) is 0 Å². The van der Waals surface area contributed by atoms with Crippen molar-refractivity contribution in [3.63, 3.8) is 0 Å². The Kier molecular flexibility index (Phi) is 5.76. The maximum atomic E-state index is 13.1. The quantitative estimate of drug-likeness (QED) is 0.408. The molecule has 7 heteroatoms. The molecule has 0 atom stereocenters. The van der Waals surface area contributed by atoms with Gasteiger partial charge in [0.25, 0.3) is 5.91 Å². The van der Waals surface area contributed by atoms with Gasteiger partial charge in [-0.1, -0.05) is 17.7 Å². The minimum Gasteiger partial charge on any atom is -0.486 e. The number of ether oxygens (including phenoxy) is 1. The van der Waals surface area contributed by atoms with E-state index in [0.717, 1.165) is 10.8 Å². The molecular formula is C22H20N2O4S. The number of thiazole rings is 1. The van der Waals surface area contributed by atoms with Crippen molar-refractivity contribution < 1.29 is 18.4 Å². The number of carbonyl (C=O) groups is 1. The highest BCUT2D eigenvalue weighted by atomic mass is 32.1. The zero-order valence-corrected chi connectivity index (χ0v) is 16.7. The summed E-state index contributed by atoms with van der Waals surface area (Å²) in [5.41, 5.74) is 1.56. The summed E-state index contributed by atoms with van der Waals surface area (Å²) in [7, 11) is 0. The van der Waals surface area contributed by atoms with E-state index >= 15 is 0 Å². The highest BCUT2D eigenvalue weighted by molar-refractivity contribution is 7.09. The van der Waals surface area contributed by atoms with Crippen molar-refractivity contribution in [1.82, 2.24) is 9.88 Å². The summed E-state index contributed by atoms with van der Waals surface area (Å²) >= 11 is 1.40. The fraction of sp³-hybridized carbons (Fsp3) is 0.182. The number of rotatable bonds is 8. The van der Waals surface area contributed by atoms with Gasteiger partial charge in [-0.2, -0.15) is 0 Å². The Hall–Kier alpha value is -3.32. The summed E-state index contributed by atoms with van der Waals surface area (Å²) in [6.45, 7) is 3.01. The monoisotopic (exact) mass is 408 g/mol. The third-order valence-corrected chi connectivity index (χ3v) is 5.12. The highest BCUT2D eigenvalue weighted by Crippen LogP contribution is 2.19. The van der Waals surface area contributed by atoms with Crippen molar-refractivity contribution in [2.45, 2.75) is 26.6 Å². The highest BCUT2D eigenvalue weighted by Gasteiger charge is 2.21. The summed E-state index contributed by atoms with van der Waals surface area (Å²) in [4.78, 5) is 19.2. The van der Waals surface area contributed by atoms with Gasteiger partial charge in [0.15, 0.2) is 0 Å². The van der Waals surface area contributed by atoms with Crippen LogP contribution in [0, 0.1) is 6.92 Å². The second kappa shape index (κ2) is 8.79. The number of furan rings is 2. The fourth-order valence-electron chi connectivity index (χ4n) is 2.80. The van der Waals surface area contributed by atoms with Crippen LogP contribution >= 0.6 is 11.3 Å². The molecule has 0 saturated carbocycles. The number of nitrogens with zero attached hydrogens (tertiary/aromatic N) is 2. The van der Waals surface area contributed by atoms with Crippen molar-refractivity contribution in [2.24, 2.45) is 0 Å². The van der Waals surface area contributed by atoms with Crippen molar-refractivity contribution in [2.75, 3.05) is 0 Å². The van der Waals surface area contributed by atoms with Crippen LogP contribution in [0.1, 0.15) is 32.6 Å². The first kappa shape index (κ1) is 19.0. The third-order valence-electron chi connectivity index (χ3n) is 4.29. The lowest BCUT2D eigenvalue weighted by Crippen LogP contribution is -2.30. The summed E-state index contributed by atoms with van der Waals surface area (Å²) < 4.78 is 16.6. The van der Waals surface area contributed by atoms with Crippen LogP contribution < -0.4 is 4.74 Å². The molecule has 0 aliphatic rings. The molecule has 0 aliphatic carbocycles. The molecule has 0 radical (unpaired) electrons. The van der Waals surface area contributed by atoms with Crippen LogP contribution in [-0.2, 0) is 19.7 Å².